The third kappa shape index (κ3) is 4.73. The molecule has 24 heavy (non-hydrogen) atoms. The average Bonchev–Trinajstić information content (AvgIpc) is 3.11. The lowest BCUT2D eigenvalue weighted by Gasteiger charge is -2.34. The molecule has 1 aromatic rings. The zero-order valence-electron chi connectivity index (χ0n) is 14.7. The van der Waals surface area contributed by atoms with Gasteiger partial charge in [0.2, 0.25) is 5.91 Å². The van der Waals surface area contributed by atoms with Gasteiger partial charge in [-0.15, -0.1) is 0 Å². The summed E-state index contributed by atoms with van der Waals surface area (Å²) in [5.74, 6) is 2.84. The molecule has 2 fully saturated rings. The molecule has 1 aromatic heterocycles. The van der Waals surface area contributed by atoms with Crippen molar-refractivity contribution < 1.29 is 4.79 Å². The lowest BCUT2D eigenvalue weighted by molar-refractivity contribution is -0.129. The predicted octanol–water partition coefficient (Wildman–Crippen LogP) is 2.90. The molecule has 2 saturated heterocycles. The summed E-state index contributed by atoms with van der Waals surface area (Å²) >= 11 is 1.76. The molecule has 0 bridgehead atoms. The second kappa shape index (κ2) is 8.86. The number of hydrogen-bond donors (Lipinski definition) is 0. The molecule has 1 atom stereocenters. The van der Waals surface area contributed by atoms with Gasteiger partial charge in [0.1, 0.15) is 0 Å². The fourth-order valence-electron chi connectivity index (χ4n) is 4.08. The average molecular weight is 348 g/mol. The molecular formula is C19H29N3OS. The van der Waals surface area contributed by atoms with Crippen molar-refractivity contribution in [3.8, 4) is 0 Å². The monoisotopic (exact) mass is 347 g/mol. The number of carbonyl (C=O) groups is 1. The maximum Gasteiger partial charge on any atom is 0.223 e. The van der Waals surface area contributed by atoms with E-state index in [1.807, 2.05) is 18.5 Å². The molecule has 1 amide bonds. The van der Waals surface area contributed by atoms with Gasteiger partial charge in [0.25, 0.3) is 0 Å². The SMILES string of the molecule is CSCCC(=O)N1CCC(C2CCN(Cc3cccnc3)CC2)C1. The molecule has 4 nitrogen and oxygen atoms in total. The first-order valence-corrected chi connectivity index (χ1v) is 10.5. The van der Waals surface area contributed by atoms with Gasteiger partial charge in [-0.25, -0.2) is 0 Å². The Kier molecular flexibility index (Phi) is 6.55. The van der Waals surface area contributed by atoms with Crippen LogP contribution < -0.4 is 0 Å². The summed E-state index contributed by atoms with van der Waals surface area (Å²) < 4.78 is 0. The molecule has 5 heteroatoms. The molecule has 2 aliphatic rings. The van der Waals surface area contributed by atoms with E-state index >= 15 is 0 Å². The van der Waals surface area contributed by atoms with Crippen LogP contribution in [-0.2, 0) is 11.3 Å². The minimum atomic E-state index is 0.362. The molecule has 0 saturated carbocycles. The zero-order valence-corrected chi connectivity index (χ0v) is 15.5. The van der Waals surface area contributed by atoms with Gasteiger partial charge >= 0.3 is 0 Å². The van der Waals surface area contributed by atoms with Gasteiger partial charge < -0.3 is 4.90 Å². The van der Waals surface area contributed by atoms with E-state index < -0.39 is 0 Å². The highest BCUT2D eigenvalue weighted by Gasteiger charge is 2.33. The van der Waals surface area contributed by atoms with Crippen molar-refractivity contribution in [1.29, 1.82) is 0 Å². The standard InChI is InChI=1S/C19H29N3OS/c1-24-12-7-19(23)22-11-6-18(15-22)17-4-9-21(10-5-17)14-16-3-2-8-20-13-16/h2-3,8,13,17-18H,4-7,9-12,14-15H2,1H3. The topological polar surface area (TPSA) is 36.4 Å². The van der Waals surface area contributed by atoms with Gasteiger partial charge in [-0.2, -0.15) is 11.8 Å². The van der Waals surface area contributed by atoms with Crippen molar-refractivity contribution in [2.24, 2.45) is 11.8 Å². The Morgan fingerprint density at radius 2 is 2.04 bits per heavy atom. The molecule has 1 unspecified atom stereocenters. The van der Waals surface area contributed by atoms with Crippen LogP contribution in [0.3, 0.4) is 0 Å². The largest absolute Gasteiger partial charge is 0.342 e. The minimum Gasteiger partial charge on any atom is -0.342 e. The molecule has 0 spiro atoms. The van der Waals surface area contributed by atoms with Gasteiger partial charge in [-0.05, 0) is 62.1 Å². The maximum atomic E-state index is 12.2. The van der Waals surface area contributed by atoms with Crippen LogP contribution in [0.1, 0.15) is 31.2 Å². The van der Waals surface area contributed by atoms with Crippen LogP contribution >= 0.6 is 11.8 Å². The summed E-state index contributed by atoms with van der Waals surface area (Å²) in [5, 5.41) is 0. The van der Waals surface area contributed by atoms with Gasteiger partial charge in [0, 0.05) is 44.2 Å². The number of aromatic nitrogens is 1. The van der Waals surface area contributed by atoms with Crippen molar-refractivity contribution in [2.45, 2.75) is 32.2 Å². The molecular weight excluding hydrogens is 318 g/mol. The van der Waals surface area contributed by atoms with E-state index in [1.165, 1.54) is 37.9 Å². The summed E-state index contributed by atoms with van der Waals surface area (Å²) in [6.45, 7) is 5.35. The Labute approximate surface area is 150 Å². The van der Waals surface area contributed by atoms with Gasteiger partial charge in [0.15, 0.2) is 0 Å². The maximum absolute atomic E-state index is 12.2. The molecule has 0 aliphatic carbocycles. The van der Waals surface area contributed by atoms with Crippen LogP contribution in [0.4, 0.5) is 0 Å². The first-order chi connectivity index (χ1) is 11.8. The van der Waals surface area contributed by atoms with Crippen LogP contribution in [-0.4, -0.2) is 58.9 Å². The van der Waals surface area contributed by atoms with E-state index in [0.29, 0.717) is 12.3 Å². The first-order valence-electron chi connectivity index (χ1n) is 9.14. The number of amides is 1. The predicted molar refractivity (Wildman–Crippen MR) is 99.9 cm³/mol. The Morgan fingerprint density at radius 3 is 2.75 bits per heavy atom. The van der Waals surface area contributed by atoms with E-state index in [1.54, 1.807) is 11.8 Å². The number of likely N-dealkylation sites (tertiary alicyclic amines) is 2. The summed E-state index contributed by atoms with van der Waals surface area (Å²) in [7, 11) is 0. The summed E-state index contributed by atoms with van der Waals surface area (Å²) in [5.41, 5.74) is 1.31. The quantitative estimate of drug-likeness (QED) is 0.793. The van der Waals surface area contributed by atoms with E-state index in [0.717, 1.165) is 37.2 Å². The van der Waals surface area contributed by atoms with Gasteiger partial charge in [-0.3, -0.25) is 14.7 Å². The molecule has 0 N–H and O–H groups in total. The van der Waals surface area contributed by atoms with Crippen LogP contribution in [0.15, 0.2) is 24.5 Å². The van der Waals surface area contributed by atoms with Crippen LogP contribution in [0.5, 0.6) is 0 Å². The highest BCUT2D eigenvalue weighted by atomic mass is 32.2. The van der Waals surface area contributed by atoms with Gasteiger partial charge in [-0.1, -0.05) is 6.07 Å². The van der Waals surface area contributed by atoms with Crippen molar-refractivity contribution in [2.75, 3.05) is 38.2 Å². The first kappa shape index (κ1) is 17.7. The van der Waals surface area contributed by atoms with Crippen molar-refractivity contribution in [3.63, 3.8) is 0 Å². The number of thioether (sulfide) groups is 1. The smallest absolute Gasteiger partial charge is 0.223 e. The lowest BCUT2D eigenvalue weighted by atomic mass is 9.83. The Hall–Kier alpha value is -1.07. The number of hydrogen-bond acceptors (Lipinski definition) is 4. The number of rotatable bonds is 6. The molecule has 3 heterocycles. The number of nitrogens with zero attached hydrogens (tertiary/aromatic N) is 3. The van der Waals surface area contributed by atoms with E-state index in [2.05, 4.69) is 27.1 Å². The van der Waals surface area contributed by atoms with Crippen LogP contribution in [0.25, 0.3) is 0 Å². The van der Waals surface area contributed by atoms with Crippen molar-refractivity contribution in [3.05, 3.63) is 30.1 Å². The Balaban J connectivity index is 1.41. The summed E-state index contributed by atoms with van der Waals surface area (Å²) in [4.78, 5) is 21.1. The highest BCUT2D eigenvalue weighted by Crippen LogP contribution is 2.32. The van der Waals surface area contributed by atoms with Gasteiger partial charge in [0.05, 0.1) is 0 Å². The molecule has 3 rings (SSSR count). The zero-order chi connectivity index (χ0) is 16.8. The third-order valence-corrected chi connectivity index (χ3v) is 6.14. The fourth-order valence-corrected chi connectivity index (χ4v) is 4.46. The normalized spacial score (nSPS) is 22.9. The fraction of sp³-hybridized carbons (Fsp3) is 0.684. The van der Waals surface area contributed by atoms with Crippen LogP contribution in [0, 0.1) is 11.8 Å². The Bertz CT molecular complexity index is 517. The lowest BCUT2D eigenvalue weighted by Crippen LogP contribution is -2.37. The minimum absolute atomic E-state index is 0.362. The number of piperidine rings is 1. The van der Waals surface area contributed by atoms with Crippen molar-refractivity contribution in [1.82, 2.24) is 14.8 Å². The summed E-state index contributed by atoms with van der Waals surface area (Å²) in [6, 6.07) is 4.18. The second-order valence-corrected chi connectivity index (χ2v) is 8.09. The third-order valence-electron chi connectivity index (χ3n) is 5.53. The molecule has 2 aliphatic heterocycles. The molecule has 132 valence electrons. The number of carbonyl (C=O) groups excluding carboxylic acids is 1. The highest BCUT2D eigenvalue weighted by molar-refractivity contribution is 7.98. The van der Waals surface area contributed by atoms with E-state index in [4.69, 9.17) is 0 Å². The van der Waals surface area contributed by atoms with Crippen LogP contribution in [0.2, 0.25) is 0 Å². The summed E-state index contributed by atoms with van der Waals surface area (Å²) in [6.07, 6.45) is 10.3. The number of pyridine rings is 1. The molecule has 0 radical (unpaired) electrons. The second-order valence-electron chi connectivity index (χ2n) is 7.11. The molecule has 0 aromatic carbocycles. The Morgan fingerprint density at radius 1 is 1.25 bits per heavy atom. The van der Waals surface area contributed by atoms with Crippen molar-refractivity contribution >= 4 is 17.7 Å². The van der Waals surface area contributed by atoms with E-state index in [9.17, 15) is 4.79 Å². The van der Waals surface area contributed by atoms with E-state index in [-0.39, 0.29) is 0 Å².